The maximum atomic E-state index is 12.5. The van der Waals surface area contributed by atoms with Crippen molar-refractivity contribution < 1.29 is 27.8 Å². The summed E-state index contributed by atoms with van der Waals surface area (Å²) in [6.45, 7) is 1.74. The number of methoxy groups -OCH3 is 2. The van der Waals surface area contributed by atoms with E-state index in [1.807, 2.05) is 0 Å². The van der Waals surface area contributed by atoms with Crippen LogP contribution in [0.2, 0.25) is 0 Å². The average Bonchev–Trinajstić information content (AvgIpc) is 2.34. The highest BCUT2D eigenvalue weighted by Crippen LogP contribution is 2.39. The molecule has 0 unspecified atom stereocenters. The molecule has 1 rings (SSSR count). The molecule has 0 saturated heterocycles. The molecule has 1 aromatic carbocycles. The van der Waals surface area contributed by atoms with Gasteiger partial charge in [0.1, 0.15) is 11.5 Å². The molecule has 0 aliphatic heterocycles. The zero-order valence-electron chi connectivity index (χ0n) is 11.2. The number of halogens is 4. The van der Waals surface area contributed by atoms with Crippen molar-refractivity contribution >= 4 is 12.4 Å². The number of hydrogen-bond donors (Lipinski definition) is 2. The molecule has 8 heteroatoms. The van der Waals surface area contributed by atoms with Crippen molar-refractivity contribution in [2.24, 2.45) is 5.73 Å². The summed E-state index contributed by atoms with van der Waals surface area (Å²) in [5, 5.41) is 9.26. The second-order valence-corrected chi connectivity index (χ2v) is 4.10. The van der Waals surface area contributed by atoms with Crippen LogP contribution in [0.3, 0.4) is 0 Å². The van der Waals surface area contributed by atoms with Gasteiger partial charge in [0.05, 0.1) is 25.8 Å². The lowest BCUT2D eigenvalue weighted by Gasteiger charge is -2.25. The van der Waals surface area contributed by atoms with Crippen molar-refractivity contribution in [2.45, 2.75) is 25.2 Å². The van der Waals surface area contributed by atoms with E-state index in [2.05, 4.69) is 0 Å². The van der Waals surface area contributed by atoms with Crippen LogP contribution in [0.4, 0.5) is 13.2 Å². The number of benzene rings is 1. The number of hydrogen-bond acceptors (Lipinski definition) is 4. The van der Waals surface area contributed by atoms with Crippen LogP contribution in [0, 0.1) is 6.92 Å². The van der Waals surface area contributed by atoms with E-state index in [9.17, 15) is 18.3 Å². The topological polar surface area (TPSA) is 64.7 Å². The van der Waals surface area contributed by atoms with E-state index in [1.54, 1.807) is 6.92 Å². The molecule has 0 amide bonds. The lowest BCUT2D eigenvalue weighted by Crippen LogP contribution is -2.39. The summed E-state index contributed by atoms with van der Waals surface area (Å²) in [4.78, 5) is 0. The molecule has 20 heavy (non-hydrogen) atoms. The van der Waals surface area contributed by atoms with Crippen molar-refractivity contribution in [1.29, 1.82) is 0 Å². The molecule has 0 aliphatic carbocycles. The normalized spacial score (nSPS) is 14.2. The summed E-state index contributed by atoms with van der Waals surface area (Å²) in [6.07, 6.45) is -7.52. The van der Waals surface area contributed by atoms with E-state index in [0.717, 1.165) is 5.56 Å². The fourth-order valence-corrected chi connectivity index (χ4v) is 1.76. The van der Waals surface area contributed by atoms with Crippen LogP contribution in [0.25, 0.3) is 0 Å². The molecule has 0 radical (unpaired) electrons. The molecule has 0 saturated carbocycles. The molecule has 2 atom stereocenters. The number of aliphatic hydroxyl groups excluding tert-OH is 1. The lowest BCUT2D eigenvalue weighted by molar-refractivity contribution is -0.210. The van der Waals surface area contributed by atoms with Gasteiger partial charge in [0.15, 0.2) is 6.10 Å². The van der Waals surface area contributed by atoms with E-state index >= 15 is 0 Å². The molecule has 1 aromatic rings. The SMILES string of the molecule is COc1cc(C)cc(OC)c1[C@H](N)[C@H](O)C(F)(F)F.Cl. The Morgan fingerprint density at radius 1 is 1.15 bits per heavy atom. The van der Waals surface area contributed by atoms with Crippen molar-refractivity contribution in [3.63, 3.8) is 0 Å². The summed E-state index contributed by atoms with van der Waals surface area (Å²) >= 11 is 0. The molecule has 4 nitrogen and oxygen atoms in total. The zero-order valence-corrected chi connectivity index (χ0v) is 12.0. The van der Waals surface area contributed by atoms with E-state index in [4.69, 9.17) is 15.2 Å². The van der Waals surface area contributed by atoms with Crippen LogP contribution in [0.15, 0.2) is 12.1 Å². The summed E-state index contributed by atoms with van der Waals surface area (Å²) in [5.74, 6) is 0.292. The fraction of sp³-hybridized carbons (Fsp3) is 0.500. The smallest absolute Gasteiger partial charge is 0.416 e. The van der Waals surface area contributed by atoms with E-state index < -0.39 is 18.3 Å². The second-order valence-electron chi connectivity index (χ2n) is 4.10. The first-order valence-electron chi connectivity index (χ1n) is 5.45. The summed E-state index contributed by atoms with van der Waals surface area (Å²) in [6, 6.07) is 1.37. The fourth-order valence-electron chi connectivity index (χ4n) is 1.76. The number of aryl methyl sites for hydroxylation is 1. The monoisotopic (exact) mass is 315 g/mol. The first kappa shape index (κ1) is 18.8. The van der Waals surface area contributed by atoms with Crippen molar-refractivity contribution in [3.8, 4) is 11.5 Å². The Hall–Kier alpha value is -1.18. The van der Waals surface area contributed by atoms with Gasteiger partial charge in [0.25, 0.3) is 0 Å². The van der Waals surface area contributed by atoms with Crippen LogP contribution < -0.4 is 15.2 Å². The van der Waals surface area contributed by atoms with Gasteiger partial charge in [-0.15, -0.1) is 12.4 Å². The van der Waals surface area contributed by atoms with Gasteiger partial charge < -0.3 is 20.3 Å². The van der Waals surface area contributed by atoms with E-state index in [1.165, 1.54) is 26.4 Å². The molecular formula is C12H17ClF3NO3. The quantitative estimate of drug-likeness (QED) is 0.895. The van der Waals surface area contributed by atoms with Crippen LogP contribution >= 0.6 is 12.4 Å². The molecule has 0 fully saturated rings. The van der Waals surface area contributed by atoms with Gasteiger partial charge in [-0.2, -0.15) is 13.2 Å². The standard InChI is InChI=1S/C12H16F3NO3.ClH/c1-6-4-7(18-2)9(8(5-6)19-3)10(16)11(17)12(13,14)15;/h4-5,10-11,17H,16H2,1-3H3;1H/t10-,11-;/m0./s1. The Labute approximate surface area is 121 Å². The first-order valence-corrected chi connectivity index (χ1v) is 5.45. The van der Waals surface area contributed by atoms with Gasteiger partial charge in [-0.05, 0) is 24.6 Å². The number of aliphatic hydroxyl groups is 1. The van der Waals surface area contributed by atoms with Gasteiger partial charge in [-0.3, -0.25) is 0 Å². The lowest BCUT2D eigenvalue weighted by atomic mass is 9.98. The number of alkyl halides is 3. The maximum absolute atomic E-state index is 12.5. The number of ether oxygens (including phenoxy) is 2. The number of rotatable bonds is 4. The number of nitrogens with two attached hydrogens (primary N) is 1. The minimum atomic E-state index is -4.82. The van der Waals surface area contributed by atoms with Gasteiger partial charge in [-0.1, -0.05) is 0 Å². The summed E-state index contributed by atoms with van der Waals surface area (Å²) in [5.41, 5.74) is 6.23. The van der Waals surface area contributed by atoms with E-state index in [-0.39, 0.29) is 29.5 Å². The van der Waals surface area contributed by atoms with Gasteiger partial charge in [-0.25, -0.2) is 0 Å². The summed E-state index contributed by atoms with van der Waals surface area (Å²) < 4.78 is 47.6. The highest BCUT2D eigenvalue weighted by Gasteiger charge is 2.44. The predicted octanol–water partition coefficient (Wildman–Crippen LogP) is 2.36. The van der Waals surface area contributed by atoms with Crippen LogP contribution in [0.1, 0.15) is 17.2 Å². The van der Waals surface area contributed by atoms with Crippen LogP contribution in [-0.4, -0.2) is 31.6 Å². The van der Waals surface area contributed by atoms with Crippen molar-refractivity contribution in [3.05, 3.63) is 23.3 Å². The minimum absolute atomic E-state index is 0. The third kappa shape index (κ3) is 3.91. The zero-order chi connectivity index (χ0) is 14.8. The Kier molecular flexibility index (Phi) is 6.60. The Bertz CT molecular complexity index is 429. The molecule has 3 N–H and O–H groups in total. The Morgan fingerprint density at radius 2 is 1.55 bits per heavy atom. The second kappa shape index (κ2) is 7.01. The van der Waals surface area contributed by atoms with Crippen molar-refractivity contribution in [1.82, 2.24) is 0 Å². The third-order valence-electron chi connectivity index (χ3n) is 2.70. The van der Waals surface area contributed by atoms with Gasteiger partial charge in [0.2, 0.25) is 0 Å². The Balaban J connectivity index is 0.00000361. The Morgan fingerprint density at radius 3 is 1.85 bits per heavy atom. The highest BCUT2D eigenvalue weighted by molar-refractivity contribution is 5.85. The van der Waals surface area contributed by atoms with Crippen molar-refractivity contribution in [2.75, 3.05) is 14.2 Å². The van der Waals surface area contributed by atoms with E-state index in [0.29, 0.717) is 0 Å². The molecular weight excluding hydrogens is 299 g/mol. The van der Waals surface area contributed by atoms with Crippen LogP contribution in [0.5, 0.6) is 11.5 Å². The molecule has 0 aliphatic rings. The molecule has 0 heterocycles. The molecule has 116 valence electrons. The summed E-state index contributed by atoms with van der Waals surface area (Å²) in [7, 11) is 2.62. The first-order chi connectivity index (χ1) is 8.72. The largest absolute Gasteiger partial charge is 0.496 e. The molecule has 0 aromatic heterocycles. The van der Waals surface area contributed by atoms with Crippen LogP contribution in [-0.2, 0) is 0 Å². The molecule has 0 bridgehead atoms. The highest BCUT2D eigenvalue weighted by atomic mass is 35.5. The minimum Gasteiger partial charge on any atom is -0.496 e. The van der Waals surface area contributed by atoms with Gasteiger partial charge >= 0.3 is 6.18 Å². The predicted molar refractivity (Wildman–Crippen MR) is 70.5 cm³/mol. The molecule has 0 spiro atoms. The third-order valence-corrected chi connectivity index (χ3v) is 2.70. The van der Waals surface area contributed by atoms with Gasteiger partial charge in [0, 0.05) is 0 Å². The average molecular weight is 316 g/mol. The maximum Gasteiger partial charge on any atom is 0.416 e.